The molecule has 5 rings (SSSR count). The number of carbonyl (C=O) groups is 1. The minimum atomic E-state index is -0.342. The molecule has 2 aromatic heterocycles. The third kappa shape index (κ3) is 4.62. The summed E-state index contributed by atoms with van der Waals surface area (Å²) in [7, 11) is 0. The molecule has 0 spiro atoms. The monoisotopic (exact) mass is 503 g/mol. The van der Waals surface area contributed by atoms with Gasteiger partial charge in [-0.15, -0.1) is 0 Å². The first kappa shape index (κ1) is 23.1. The second-order valence-corrected chi connectivity index (χ2v) is 9.64. The predicted molar refractivity (Wildman–Crippen MR) is 130 cm³/mol. The molecule has 1 amide bonds. The van der Waals surface area contributed by atoms with E-state index >= 15 is 0 Å². The van der Waals surface area contributed by atoms with Crippen molar-refractivity contribution >= 4 is 40.6 Å². The number of hydrogen-bond donors (Lipinski definition) is 1. The van der Waals surface area contributed by atoms with E-state index in [1.54, 1.807) is 29.1 Å². The molecular weight excluding hydrogens is 480 g/mol. The first-order chi connectivity index (χ1) is 16.4. The summed E-state index contributed by atoms with van der Waals surface area (Å²) < 4.78 is 14.1. The van der Waals surface area contributed by atoms with Gasteiger partial charge in [0.05, 0.1) is 40.0 Å². The van der Waals surface area contributed by atoms with Crippen LogP contribution in [0.25, 0.3) is 5.69 Å². The lowest BCUT2D eigenvalue weighted by Crippen LogP contribution is -2.37. The van der Waals surface area contributed by atoms with Gasteiger partial charge in [-0.1, -0.05) is 23.2 Å². The second kappa shape index (κ2) is 9.52. The zero-order chi connectivity index (χ0) is 23.8. The predicted octanol–water partition coefficient (Wildman–Crippen LogP) is 5.88. The van der Waals surface area contributed by atoms with Crippen molar-refractivity contribution < 1.29 is 14.3 Å². The highest BCUT2D eigenvalue weighted by Gasteiger charge is 2.31. The third-order valence-corrected chi connectivity index (χ3v) is 6.97. The van der Waals surface area contributed by atoms with E-state index in [2.05, 4.69) is 25.2 Å². The Labute approximate surface area is 206 Å². The standard InChI is InChI=1S/C24H24Cl2FN5O2/c1-14-20(13-29-32(14)22-5-4-16(25)10-21(22)26)24(33)30-17-11-19(15-2-3-15)23(28-12-17)31-8-6-18(34-27)7-9-31/h4-5,10-13,15,18H,2-3,6-9H2,1H3,(H,30,33). The Morgan fingerprint density at radius 3 is 2.59 bits per heavy atom. The lowest BCUT2D eigenvalue weighted by atomic mass is 10.1. The first-order valence-electron chi connectivity index (χ1n) is 11.3. The van der Waals surface area contributed by atoms with Crippen molar-refractivity contribution in [3.05, 3.63) is 63.5 Å². The van der Waals surface area contributed by atoms with Gasteiger partial charge < -0.3 is 10.2 Å². The van der Waals surface area contributed by atoms with Gasteiger partial charge in [0, 0.05) is 18.1 Å². The lowest BCUT2D eigenvalue weighted by molar-refractivity contribution is -0.183. The van der Waals surface area contributed by atoms with Gasteiger partial charge in [0.15, 0.2) is 0 Å². The SMILES string of the molecule is Cc1c(C(=O)Nc2cnc(N3CCC(OF)CC3)c(C3CC3)c2)cnn1-c1ccc(Cl)cc1Cl. The molecule has 3 heterocycles. The van der Waals surface area contributed by atoms with Gasteiger partial charge >= 0.3 is 0 Å². The molecule has 1 saturated heterocycles. The summed E-state index contributed by atoms with van der Waals surface area (Å²) in [5.74, 6) is 1.08. The van der Waals surface area contributed by atoms with Gasteiger partial charge in [-0.05, 0) is 72.9 Å². The smallest absolute Gasteiger partial charge is 0.259 e. The first-order valence-corrected chi connectivity index (χ1v) is 12.0. The number of halogens is 3. The maximum Gasteiger partial charge on any atom is 0.259 e. The van der Waals surface area contributed by atoms with Crippen LogP contribution in [-0.2, 0) is 4.94 Å². The number of aromatic nitrogens is 3. The molecule has 2 aliphatic rings. The molecule has 0 bridgehead atoms. The minimum Gasteiger partial charge on any atom is -0.356 e. The summed E-state index contributed by atoms with van der Waals surface area (Å²) >= 11 is 12.3. The van der Waals surface area contributed by atoms with Gasteiger partial charge in [0.25, 0.3) is 5.91 Å². The number of nitrogens with zero attached hydrogens (tertiary/aromatic N) is 4. The summed E-state index contributed by atoms with van der Waals surface area (Å²) in [5, 5.41) is 8.29. The summed E-state index contributed by atoms with van der Waals surface area (Å²) in [4.78, 5) is 23.9. The fraction of sp³-hybridized carbons (Fsp3) is 0.375. The molecule has 1 aliphatic carbocycles. The fourth-order valence-electron chi connectivity index (χ4n) is 4.39. The maximum absolute atomic E-state index is 13.1. The van der Waals surface area contributed by atoms with Crippen LogP contribution in [0, 0.1) is 6.92 Å². The molecular formula is C24H24Cl2FN5O2. The Balaban J connectivity index is 1.35. The maximum atomic E-state index is 13.1. The van der Waals surface area contributed by atoms with Crippen molar-refractivity contribution in [2.75, 3.05) is 23.3 Å². The summed E-state index contributed by atoms with van der Waals surface area (Å²) in [5.41, 5.74) is 3.50. The Morgan fingerprint density at radius 2 is 1.91 bits per heavy atom. The van der Waals surface area contributed by atoms with Crippen LogP contribution in [0.4, 0.5) is 16.0 Å². The molecule has 34 heavy (non-hydrogen) atoms. The molecule has 10 heteroatoms. The van der Waals surface area contributed by atoms with Gasteiger partial charge in [-0.3, -0.25) is 4.79 Å². The number of rotatable bonds is 6. The van der Waals surface area contributed by atoms with Crippen molar-refractivity contribution in [2.24, 2.45) is 0 Å². The summed E-state index contributed by atoms with van der Waals surface area (Å²) in [6.07, 6.45) is 6.31. The second-order valence-electron chi connectivity index (χ2n) is 8.79. The summed E-state index contributed by atoms with van der Waals surface area (Å²) in [6.45, 7) is 3.20. The Bertz CT molecular complexity index is 1220. The summed E-state index contributed by atoms with van der Waals surface area (Å²) in [6, 6.07) is 7.13. The van der Waals surface area contributed by atoms with E-state index in [-0.39, 0.29) is 12.0 Å². The molecule has 2 fully saturated rings. The largest absolute Gasteiger partial charge is 0.356 e. The molecule has 1 saturated carbocycles. The number of amides is 1. The topological polar surface area (TPSA) is 72.3 Å². The number of piperidine rings is 1. The molecule has 7 nitrogen and oxygen atoms in total. The van der Waals surface area contributed by atoms with E-state index in [0.29, 0.717) is 64.5 Å². The van der Waals surface area contributed by atoms with Crippen LogP contribution in [0.3, 0.4) is 0 Å². The molecule has 0 unspecified atom stereocenters. The van der Waals surface area contributed by atoms with Crippen LogP contribution in [0.2, 0.25) is 10.0 Å². The van der Waals surface area contributed by atoms with Crippen molar-refractivity contribution in [3.63, 3.8) is 0 Å². The quantitative estimate of drug-likeness (QED) is 0.454. The Kier molecular flexibility index (Phi) is 6.46. The number of hydrogen-bond acceptors (Lipinski definition) is 5. The highest BCUT2D eigenvalue weighted by atomic mass is 35.5. The van der Waals surface area contributed by atoms with E-state index in [1.807, 2.05) is 13.0 Å². The van der Waals surface area contributed by atoms with E-state index in [0.717, 1.165) is 24.2 Å². The van der Waals surface area contributed by atoms with Gasteiger partial charge in [-0.2, -0.15) is 10.0 Å². The number of carbonyl (C=O) groups excluding carboxylic acids is 1. The molecule has 178 valence electrons. The number of nitrogens with one attached hydrogen (secondary N) is 1. The van der Waals surface area contributed by atoms with Crippen LogP contribution in [0.5, 0.6) is 0 Å². The van der Waals surface area contributed by atoms with E-state index in [1.165, 1.54) is 6.20 Å². The van der Waals surface area contributed by atoms with Crippen molar-refractivity contribution in [3.8, 4) is 5.69 Å². The number of benzene rings is 1. The van der Waals surface area contributed by atoms with Gasteiger partial charge in [0.1, 0.15) is 11.9 Å². The molecule has 1 aliphatic heterocycles. The van der Waals surface area contributed by atoms with Crippen LogP contribution in [0.15, 0.2) is 36.7 Å². The Hall–Kier alpha value is -2.68. The van der Waals surface area contributed by atoms with Crippen molar-refractivity contribution in [1.82, 2.24) is 14.8 Å². The zero-order valence-corrected chi connectivity index (χ0v) is 20.1. The zero-order valence-electron chi connectivity index (χ0n) is 18.6. The highest BCUT2D eigenvalue weighted by molar-refractivity contribution is 6.35. The average molecular weight is 504 g/mol. The van der Waals surface area contributed by atoms with Crippen LogP contribution < -0.4 is 10.2 Å². The number of anilines is 2. The van der Waals surface area contributed by atoms with Crippen molar-refractivity contribution in [2.45, 2.75) is 44.6 Å². The van der Waals surface area contributed by atoms with Gasteiger partial charge in [-0.25, -0.2) is 9.67 Å². The lowest BCUT2D eigenvalue weighted by Gasteiger charge is -2.32. The molecule has 0 atom stereocenters. The van der Waals surface area contributed by atoms with E-state index in [9.17, 15) is 9.32 Å². The average Bonchev–Trinajstić information content (AvgIpc) is 3.61. The van der Waals surface area contributed by atoms with Gasteiger partial charge in [0.2, 0.25) is 0 Å². The number of pyridine rings is 1. The van der Waals surface area contributed by atoms with E-state index in [4.69, 9.17) is 23.2 Å². The highest BCUT2D eigenvalue weighted by Crippen LogP contribution is 2.45. The van der Waals surface area contributed by atoms with E-state index < -0.39 is 0 Å². The minimum absolute atomic E-state index is 0.272. The molecule has 0 radical (unpaired) electrons. The van der Waals surface area contributed by atoms with Crippen LogP contribution >= 0.6 is 23.2 Å². The van der Waals surface area contributed by atoms with Crippen molar-refractivity contribution in [1.29, 1.82) is 0 Å². The van der Waals surface area contributed by atoms with Crippen LogP contribution in [-0.4, -0.2) is 39.9 Å². The van der Waals surface area contributed by atoms with Crippen LogP contribution in [0.1, 0.15) is 53.2 Å². The molecule has 1 N–H and O–H groups in total. The molecule has 1 aromatic carbocycles. The third-order valence-electron chi connectivity index (χ3n) is 6.43. The molecule has 3 aromatic rings. The fourth-order valence-corrected chi connectivity index (χ4v) is 4.87. The Morgan fingerprint density at radius 1 is 1.15 bits per heavy atom. The normalized spacial score (nSPS) is 16.6.